The van der Waals surface area contributed by atoms with E-state index in [0.717, 1.165) is 31.7 Å². The zero-order valence-electron chi connectivity index (χ0n) is 16.4. The fourth-order valence-corrected chi connectivity index (χ4v) is 3.88. The van der Waals surface area contributed by atoms with E-state index >= 15 is 0 Å². The third-order valence-electron chi connectivity index (χ3n) is 4.78. The van der Waals surface area contributed by atoms with E-state index in [1.54, 1.807) is 0 Å². The van der Waals surface area contributed by atoms with E-state index in [9.17, 15) is 13.0 Å². The average molecular weight is 397 g/mol. The summed E-state index contributed by atoms with van der Waals surface area (Å²) < 4.78 is 50.3. The van der Waals surface area contributed by atoms with Crippen LogP contribution in [0.1, 0.15) is 40.5 Å². The number of rotatable bonds is 8. The lowest BCUT2D eigenvalue weighted by atomic mass is 10.1. The minimum atomic E-state index is -1.29. The third-order valence-corrected chi connectivity index (χ3v) is 6.08. The molecule has 0 aromatic heterocycles. The van der Waals surface area contributed by atoms with Gasteiger partial charge in [0.05, 0.1) is 48.2 Å². The van der Waals surface area contributed by atoms with Gasteiger partial charge in [-0.15, -0.1) is 0 Å². The summed E-state index contributed by atoms with van der Waals surface area (Å²) in [7, 11) is -0.767. The Labute approximate surface area is 158 Å². The van der Waals surface area contributed by atoms with Crippen molar-refractivity contribution in [2.75, 3.05) is 38.6 Å². The minimum absolute atomic E-state index is 0.189. The second-order valence-corrected chi connectivity index (χ2v) is 9.55. The monoisotopic (exact) mass is 396 g/mol. The van der Waals surface area contributed by atoms with Crippen molar-refractivity contribution in [1.82, 2.24) is 9.62 Å². The van der Waals surface area contributed by atoms with Gasteiger partial charge in [0.2, 0.25) is 0 Å². The number of alkyl halides is 2. The van der Waals surface area contributed by atoms with Crippen LogP contribution in [-0.2, 0) is 20.5 Å². The Morgan fingerprint density at radius 1 is 1.12 bits per heavy atom. The largest absolute Gasteiger partial charge is 0.378 e. The molecule has 5 nitrogen and oxygen atoms in total. The summed E-state index contributed by atoms with van der Waals surface area (Å²) in [5.41, 5.74) is 0.189. The molecule has 0 aromatic rings. The third kappa shape index (κ3) is 7.46. The highest BCUT2D eigenvalue weighted by atomic mass is 32.2. The average Bonchev–Trinajstić information content (AvgIpc) is 3.21. The van der Waals surface area contributed by atoms with E-state index in [0.29, 0.717) is 12.6 Å². The number of ether oxygens (including phenoxy) is 2. The molecular formula is C18H34F2N2O3S. The van der Waals surface area contributed by atoms with Crippen molar-refractivity contribution in [2.24, 2.45) is 5.41 Å². The molecule has 3 fully saturated rings. The Morgan fingerprint density at radius 3 is 2.08 bits per heavy atom. The summed E-state index contributed by atoms with van der Waals surface area (Å²) in [6, 6.07) is 0.322. The van der Waals surface area contributed by atoms with Crippen LogP contribution < -0.4 is 4.72 Å². The normalized spacial score (nSPS) is 33.1. The van der Waals surface area contributed by atoms with E-state index in [-0.39, 0.29) is 30.7 Å². The van der Waals surface area contributed by atoms with E-state index in [4.69, 9.17) is 9.47 Å². The maximum absolute atomic E-state index is 13.0. The molecule has 3 aliphatic rings. The van der Waals surface area contributed by atoms with Gasteiger partial charge in [-0.25, -0.2) is 17.7 Å². The van der Waals surface area contributed by atoms with Gasteiger partial charge in [0.1, 0.15) is 12.3 Å². The van der Waals surface area contributed by atoms with E-state index < -0.39 is 23.3 Å². The molecule has 154 valence electrons. The van der Waals surface area contributed by atoms with Gasteiger partial charge in [0, 0.05) is 25.0 Å². The first-order valence-electron chi connectivity index (χ1n) is 9.57. The lowest BCUT2D eigenvalue weighted by Gasteiger charge is -2.26. The van der Waals surface area contributed by atoms with Gasteiger partial charge >= 0.3 is 0 Å². The fraction of sp³-hybridized carbons (Fsp3) is 1.00. The van der Waals surface area contributed by atoms with Crippen molar-refractivity contribution in [1.29, 1.82) is 0 Å². The summed E-state index contributed by atoms with van der Waals surface area (Å²) in [6.45, 7) is 10.7. The molecule has 26 heavy (non-hydrogen) atoms. The molecule has 1 N–H and O–H groups in total. The molecule has 4 atom stereocenters. The zero-order valence-corrected chi connectivity index (χ0v) is 17.2. The molecule has 1 aliphatic carbocycles. The van der Waals surface area contributed by atoms with Crippen LogP contribution in [0.15, 0.2) is 0 Å². The minimum Gasteiger partial charge on any atom is -0.378 e. The molecule has 0 spiro atoms. The van der Waals surface area contributed by atoms with E-state index in [1.165, 1.54) is 0 Å². The molecule has 2 aliphatic heterocycles. The zero-order chi connectivity index (χ0) is 19.3. The second kappa shape index (κ2) is 9.87. The van der Waals surface area contributed by atoms with Crippen LogP contribution in [0.25, 0.3) is 0 Å². The van der Waals surface area contributed by atoms with Gasteiger partial charge in [-0.05, 0) is 40.5 Å². The Balaban J connectivity index is 0.000000209. The van der Waals surface area contributed by atoms with Crippen LogP contribution in [0.3, 0.4) is 0 Å². The molecule has 1 saturated carbocycles. The van der Waals surface area contributed by atoms with Crippen LogP contribution in [0, 0.1) is 5.41 Å². The van der Waals surface area contributed by atoms with Gasteiger partial charge in [-0.1, -0.05) is 0 Å². The molecule has 0 radical (unpaired) electrons. The van der Waals surface area contributed by atoms with Gasteiger partial charge in [-0.3, -0.25) is 4.90 Å². The standard InChI is InChI=1S/C12H21F2NO.C6H13NO2S/c1-9(2)16-8-12(3-4-12)7-15-5-10(13)11(14)6-15;1-5(2)9-3-6-4-10(8)7-6/h9-11H,3-8H2,1-2H3;5-7H,3-4H2,1-2H3. The number of hydrogen-bond acceptors (Lipinski definition) is 4. The van der Waals surface area contributed by atoms with Gasteiger partial charge in [0.25, 0.3) is 0 Å². The van der Waals surface area contributed by atoms with Gasteiger partial charge < -0.3 is 9.47 Å². The van der Waals surface area contributed by atoms with Crippen LogP contribution in [0.2, 0.25) is 0 Å². The molecular weight excluding hydrogens is 362 g/mol. The van der Waals surface area contributed by atoms with Crippen molar-refractivity contribution in [3.63, 3.8) is 0 Å². The van der Waals surface area contributed by atoms with E-state index in [2.05, 4.69) is 4.72 Å². The smallest absolute Gasteiger partial charge is 0.145 e. The molecule has 0 aromatic carbocycles. The number of nitrogens with zero attached hydrogens (tertiary/aromatic N) is 1. The molecule has 4 unspecified atom stereocenters. The molecule has 0 amide bonds. The van der Waals surface area contributed by atoms with Crippen molar-refractivity contribution in [3.8, 4) is 0 Å². The fourth-order valence-electron chi connectivity index (χ4n) is 3.01. The quantitative estimate of drug-likeness (QED) is 0.684. The highest BCUT2D eigenvalue weighted by Crippen LogP contribution is 2.47. The van der Waals surface area contributed by atoms with Crippen molar-refractivity contribution < 1.29 is 22.5 Å². The number of halogens is 2. The Bertz CT molecular complexity index is 446. The summed E-state index contributed by atoms with van der Waals surface area (Å²) >= 11 is 0. The van der Waals surface area contributed by atoms with Crippen LogP contribution in [-0.4, -0.2) is 78.3 Å². The summed E-state index contributed by atoms with van der Waals surface area (Å²) in [4.78, 5) is 1.91. The summed E-state index contributed by atoms with van der Waals surface area (Å²) in [5.74, 6) is 0.743. The van der Waals surface area contributed by atoms with Crippen molar-refractivity contribution >= 4 is 11.0 Å². The predicted octanol–water partition coefficient (Wildman–Crippen LogP) is 2.23. The van der Waals surface area contributed by atoms with Crippen molar-refractivity contribution in [2.45, 2.75) is 71.1 Å². The lowest BCUT2D eigenvalue weighted by molar-refractivity contribution is 0.0326. The Morgan fingerprint density at radius 2 is 1.65 bits per heavy atom. The number of hydrogen-bond donors (Lipinski definition) is 1. The first-order valence-corrected chi connectivity index (χ1v) is 10.9. The highest BCUT2D eigenvalue weighted by molar-refractivity contribution is 7.84. The van der Waals surface area contributed by atoms with Crippen molar-refractivity contribution in [3.05, 3.63) is 0 Å². The number of likely N-dealkylation sites (tertiary alicyclic amines) is 1. The first kappa shape index (κ1) is 22.1. The van der Waals surface area contributed by atoms with Crippen LogP contribution in [0.4, 0.5) is 8.78 Å². The topological polar surface area (TPSA) is 50.8 Å². The summed E-state index contributed by atoms with van der Waals surface area (Å²) in [5, 5.41) is 0. The van der Waals surface area contributed by atoms with E-state index in [1.807, 2.05) is 32.6 Å². The van der Waals surface area contributed by atoms with Gasteiger partial charge in [-0.2, -0.15) is 0 Å². The maximum atomic E-state index is 13.0. The second-order valence-electron chi connectivity index (χ2n) is 8.29. The predicted molar refractivity (Wildman–Crippen MR) is 100 cm³/mol. The molecule has 2 heterocycles. The maximum Gasteiger partial charge on any atom is 0.145 e. The lowest BCUT2D eigenvalue weighted by Crippen LogP contribution is -2.51. The molecule has 8 heteroatoms. The first-order chi connectivity index (χ1) is 12.2. The molecule has 3 rings (SSSR count). The molecule has 2 saturated heterocycles. The molecule has 0 bridgehead atoms. The summed E-state index contributed by atoms with van der Waals surface area (Å²) in [6.07, 6.45) is 0.187. The van der Waals surface area contributed by atoms with Crippen LogP contribution in [0.5, 0.6) is 0 Å². The number of nitrogens with one attached hydrogen (secondary N) is 1. The van der Waals surface area contributed by atoms with Gasteiger partial charge in [0.15, 0.2) is 0 Å². The Kier molecular flexibility index (Phi) is 8.40. The van der Waals surface area contributed by atoms with Crippen LogP contribution >= 0.6 is 0 Å². The highest BCUT2D eigenvalue weighted by Gasteiger charge is 2.46. The Hall–Kier alpha value is -0.150. The SMILES string of the molecule is CC(C)OCC1(CN2CC(F)C(F)C2)CC1.CC(C)OCC1CS(=O)N1.